The van der Waals surface area contributed by atoms with Gasteiger partial charge >= 0.3 is 6.09 Å². The monoisotopic (exact) mass is 347 g/mol. The average Bonchev–Trinajstić information content (AvgIpc) is 3.09. The number of ether oxygens (including phenoxy) is 1. The van der Waals surface area contributed by atoms with Crippen molar-refractivity contribution in [3.05, 3.63) is 35.9 Å². The van der Waals surface area contributed by atoms with Gasteiger partial charge in [-0.1, -0.05) is 51.1 Å². The lowest BCUT2D eigenvalue weighted by molar-refractivity contribution is 0.0261. The van der Waals surface area contributed by atoms with Crippen LogP contribution in [0.1, 0.15) is 32.8 Å². The van der Waals surface area contributed by atoms with E-state index in [1.807, 2.05) is 35.2 Å². The van der Waals surface area contributed by atoms with E-state index in [4.69, 9.17) is 9.16 Å². The molecule has 1 amide bonds. The van der Waals surface area contributed by atoms with E-state index in [1.165, 1.54) is 0 Å². The number of rotatable bonds is 4. The normalized spacial score (nSPS) is 26.2. The van der Waals surface area contributed by atoms with Crippen LogP contribution >= 0.6 is 0 Å². The molecule has 3 aliphatic rings. The molecule has 2 saturated heterocycles. The number of carbonyl (C=O) groups is 1. The predicted molar refractivity (Wildman–Crippen MR) is 97.3 cm³/mol. The molecule has 132 valence electrons. The van der Waals surface area contributed by atoms with Crippen LogP contribution in [-0.2, 0) is 15.8 Å². The summed E-state index contributed by atoms with van der Waals surface area (Å²) in [7, 11) is -1.80. The molecule has 24 heavy (non-hydrogen) atoms. The summed E-state index contributed by atoms with van der Waals surface area (Å²) in [5.41, 5.74) is 1.02. The van der Waals surface area contributed by atoms with E-state index in [0.717, 1.165) is 18.5 Å². The summed E-state index contributed by atoms with van der Waals surface area (Å²) >= 11 is 0. The van der Waals surface area contributed by atoms with Crippen molar-refractivity contribution in [1.29, 1.82) is 0 Å². The van der Waals surface area contributed by atoms with Gasteiger partial charge in [0.15, 0.2) is 8.32 Å². The summed E-state index contributed by atoms with van der Waals surface area (Å²) in [6.45, 7) is 12.4. The van der Waals surface area contributed by atoms with Crippen LogP contribution in [0.5, 0.6) is 0 Å². The van der Waals surface area contributed by atoms with Crippen LogP contribution < -0.4 is 0 Å². The summed E-state index contributed by atoms with van der Waals surface area (Å²) in [6, 6.07) is 10.0. The van der Waals surface area contributed by atoms with Gasteiger partial charge in [0, 0.05) is 12.5 Å². The van der Waals surface area contributed by atoms with Gasteiger partial charge in [-0.05, 0) is 30.1 Å². The maximum atomic E-state index is 12.4. The largest absolute Gasteiger partial charge is 0.445 e. The van der Waals surface area contributed by atoms with Crippen molar-refractivity contribution in [2.75, 3.05) is 6.54 Å². The van der Waals surface area contributed by atoms with E-state index in [1.54, 1.807) is 0 Å². The van der Waals surface area contributed by atoms with Crippen molar-refractivity contribution in [2.45, 2.75) is 64.1 Å². The number of hydrogen-bond donors (Lipinski definition) is 0. The molecule has 1 aromatic carbocycles. The van der Waals surface area contributed by atoms with Crippen LogP contribution in [0, 0.1) is 5.92 Å². The van der Waals surface area contributed by atoms with E-state index >= 15 is 0 Å². The Hall–Kier alpha value is -1.33. The molecule has 3 fully saturated rings. The number of benzene rings is 1. The lowest BCUT2D eigenvalue weighted by Gasteiger charge is -2.45. The Bertz CT molecular complexity index is 596. The van der Waals surface area contributed by atoms with Crippen molar-refractivity contribution >= 4 is 14.4 Å². The zero-order chi connectivity index (χ0) is 17.5. The van der Waals surface area contributed by atoms with Crippen LogP contribution in [0.3, 0.4) is 0 Å². The molecule has 5 heteroatoms. The topological polar surface area (TPSA) is 38.8 Å². The first-order valence-electron chi connectivity index (χ1n) is 8.84. The molecule has 0 N–H and O–H groups in total. The van der Waals surface area contributed by atoms with Gasteiger partial charge in [-0.3, -0.25) is 0 Å². The van der Waals surface area contributed by atoms with E-state index in [-0.39, 0.29) is 23.3 Å². The highest BCUT2D eigenvalue weighted by atomic mass is 28.4. The molecule has 2 heterocycles. The number of carbonyl (C=O) groups excluding carboxylic acids is 1. The standard InChI is InChI=1S/C19H29NO3Si/c1-19(2,3)24(4,5)23-17-15-11-16(17)20(12-15)18(21)22-13-14-9-7-6-8-10-14/h6-10,15-17H,11-13H2,1-5H3/t15-,16-,17+/m0/s1. The van der Waals surface area contributed by atoms with Crippen LogP contribution in [0.4, 0.5) is 4.79 Å². The Morgan fingerprint density at radius 1 is 1.25 bits per heavy atom. The molecule has 1 aromatic rings. The van der Waals surface area contributed by atoms with Crippen LogP contribution in [-0.4, -0.2) is 38.0 Å². The molecular formula is C19H29NO3Si. The van der Waals surface area contributed by atoms with Crippen molar-refractivity contribution in [3.8, 4) is 0 Å². The van der Waals surface area contributed by atoms with E-state index in [0.29, 0.717) is 12.5 Å². The molecule has 4 nitrogen and oxygen atoms in total. The second-order valence-electron chi connectivity index (χ2n) is 8.60. The Morgan fingerprint density at radius 3 is 2.54 bits per heavy atom. The summed E-state index contributed by atoms with van der Waals surface area (Å²) < 4.78 is 12.1. The molecule has 4 rings (SSSR count). The number of hydrogen-bond acceptors (Lipinski definition) is 3. The Labute approximate surface area is 146 Å². The summed E-state index contributed by atoms with van der Waals surface area (Å²) in [5, 5.41) is 0.195. The maximum Gasteiger partial charge on any atom is 0.410 e. The SMILES string of the molecule is CC(C)(C)[Si](C)(C)O[C@@H]1[C@H]2C[C@@H]1N(C(=O)OCc1ccccc1)C2. The fourth-order valence-electron chi connectivity index (χ4n) is 3.27. The quantitative estimate of drug-likeness (QED) is 0.757. The maximum absolute atomic E-state index is 12.4. The van der Waals surface area contributed by atoms with Gasteiger partial charge in [0.25, 0.3) is 0 Å². The second-order valence-corrected chi connectivity index (χ2v) is 13.4. The molecule has 0 unspecified atom stereocenters. The van der Waals surface area contributed by atoms with Gasteiger partial charge in [0.05, 0.1) is 12.1 Å². The lowest BCUT2D eigenvalue weighted by atomic mass is 9.83. The fourth-order valence-corrected chi connectivity index (χ4v) is 4.66. The molecule has 1 aliphatic carbocycles. The van der Waals surface area contributed by atoms with Crippen molar-refractivity contribution in [3.63, 3.8) is 0 Å². The number of amides is 1. The molecule has 0 radical (unpaired) electrons. The van der Waals surface area contributed by atoms with Crippen LogP contribution in [0.25, 0.3) is 0 Å². The Kier molecular flexibility index (Phi) is 4.51. The first-order valence-corrected chi connectivity index (χ1v) is 11.7. The van der Waals surface area contributed by atoms with Gasteiger partial charge in [-0.25, -0.2) is 4.79 Å². The summed E-state index contributed by atoms with van der Waals surface area (Å²) in [4.78, 5) is 14.3. The van der Waals surface area contributed by atoms with Gasteiger partial charge in [0.2, 0.25) is 0 Å². The molecule has 0 spiro atoms. The average molecular weight is 348 g/mol. The molecular weight excluding hydrogens is 318 g/mol. The lowest BCUT2D eigenvalue weighted by Crippen LogP contribution is -2.54. The van der Waals surface area contributed by atoms with Gasteiger partial charge in [-0.15, -0.1) is 0 Å². The molecule has 2 aliphatic heterocycles. The third-order valence-electron chi connectivity index (χ3n) is 5.90. The fraction of sp³-hybridized carbons (Fsp3) is 0.632. The van der Waals surface area contributed by atoms with E-state index < -0.39 is 8.32 Å². The highest BCUT2D eigenvalue weighted by Crippen LogP contribution is 2.47. The first kappa shape index (κ1) is 17.5. The van der Waals surface area contributed by atoms with Gasteiger partial charge in [-0.2, -0.15) is 0 Å². The predicted octanol–water partition coefficient (Wildman–Crippen LogP) is 4.42. The van der Waals surface area contributed by atoms with Crippen molar-refractivity contribution < 1.29 is 14.0 Å². The Balaban J connectivity index is 1.56. The minimum Gasteiger partial charge on any atom is -0.445 e. The third kappa shape index (κ3) is 3.24. The van der Waals surface area contributed by atoms with Gasteiger partial charge < -0.3 is 14.1 Å². The zero-order valence-corrected chi connectivity index (χ0v) is 16.4. The summed E-state index contributed by atoms with van der Waals surface area (Å²) in [5.74, 6) is 0.480. The molecule has 2 bridgehead atoms. The molecule has 0 aromatic heterocycles. The van der Waals surface area contributed by atoms with Crippen LogP contribution in [0.15, 0.2) is 30.3 Å². The smallest absolute Gasteiger partial charge is 0.410 e. The van der Waals surface area contributed by atoms with Gasteiger partial charge in [0.1, 0.15) is 6.61 Å². The van der Waals surface area contributed by atoms with E-state index in [9.17, 15) is 4.79 Å². The van der Waals surface area contributed by atoms with Crippen molar-refractivity contribution in [1.82, 2.24) is 4.90 Å². The number of nitrogens with zero attached hydrogens (tertiary/aromatic N) is 1. The van der Waals surface area contributed by atoms with Crippen molar-refractivity contribution in [2.24, 2.45) is 5.92 Å². The minimum atomic E-state index is -1.80. The molecule has 3 atom stereocenters. The number of fused-ring (bicyclic) bond motifs is 1. The second kappa shape index (κ2) is 6.19. The highest BCUT2D eigenvalue weighted by Gasteiger charge is 2.57. The summed E-state index contributed by atoms with van der Waals surface area (Å²) in [6.07, 6.45) is 1.06. The highest BCUT2D eigenvalue weighted by molar-refractivity contribution is 6.74. The van der Waals surface area contributed by atoms with E-state index in [2.05, 4.69) is 33.9 Å². The minimum absolute atomic E-state index is 0.195. The van der Waals surface area contributed by atoms with Crippen LogP contribution in [0.2, 0.25) is 18.1 Å². The zero-order valence-electron chi connectivity index (χ0n) is 15.4. The first-order chi connectivity index (χ1) is 11.2. The third-order valence-corrected chi connectivity index (χ3v) is 10.4. The Morgan fingerprint density at radius 2 is 1.92 bits per heavy atom. The molecule has 1 saturated carbocycles.